The van der Waals surface area contributed by atoms with Crippen LogP contribution in [0.3, 0.4) is 0 Å². The third kappa shape index (κ3) is 2.52. The SMILES string of the molecule is CCNCc1cnc(-n2nc(C)c(Cl)c2C)cn1. The van der Waals surface area contributed by atoms with E-state index in [1.807, 2.05) is 13.8 Å². The van der Waals surface area contributed by atoms with Crippen LogP contribution in [0.4, 0.5) is 0 Å². The van der Waals surface area contributed by atoms with Gasteiger partial charge in [0.25, 0.3) is 0 Å². The number of halogens is 1. The van der Waals surface area contributed by atoms with E-state index in [0.717, 1.165) is 30.2 Å². The van der Waals surface area contributed by atoms with Gasteiger partial charge >= 0.3 is 0 Å². The molecule has 0 radical (unpaired) electrons. The molecular formula is C12H16ClN5. The molecule has 5 nitrogen and oxygen atoms in total. The van der Waals surface area contributed by atoms with Crippen molar-refractivity contribution in [3.05, 3.63) is 34.5 Å². The predicted octanol–water partition coefficient (Wildman–Crippen LogP) is 2.04. The van der Waals surface area contributed by atoms with Gasteiger partial charge in [-0.05, 0) is 20.4 Å². The van der Waals surface area contributed by atoms with Crippen molar-refractivity contribution in [2.75, 3.05) is 6.54 Å². The summed E-state index contributed by atoms with van der Waals surface area (Å²) in [6.45, 7) is 7.48. The molecule has 0 saturated carbocycles. The predicted molar refractivity (Wildman–Crippen MR) is 71.0 cm³/mol. The summed E-state index contributed by atoms with van der Waals surface area (Å²) in [4.78, 5) is 8.70. The third-order valence-electron chi connectivity index (χ3n) is 2.67. The lowest BCUT2D eigenvalue weighted by Crippen LogP contribution is -2.13. The van der Waals surface area contributed by atoms with Crippen LogP contribution >= 0.6 is 11.6 Å². The van der Waals surface area contributed by atoms with Crippen LogP contribution in [0.25, 0.3) is 5.82 Å². The summed E-state index contributed by atoms with van der Waals surface area (Å²) < 4.78 is 1.71. The highest BCUT2D eigenvalue weighted by molar-refractivity contribution is 6.31. The van der Waals surface area contributed by atoms with Crippen molar-refractivity contribution >= 4 is 11.6 Å². The molecule has 2 rings (SSSR count). The Kier molecular flexibility index (Phi) is 3.93. The molecule has 0 aliphatic heterocycles. The Morgan fingerprint density at radius 3 is 2.56 bits per heavy atom. The van der Waals surface area contributed by atoms with Crippen molar-refractivity contribution in [2.24, 2.45) is 0 Å². The standard InChI is InChI=1S/C12H16ClN5/c1-4-14-5-10-6-16-11(7-15-10)18-9(3)12(13)8(2)17-18/h6-7,14H,4-5H2,1-3H3. The quantitative estimate of drug-likeness (QED) is 0.919. The number of hydrogen-bond donors (Lipinski definition) is 1. The molecule has 0 saturated heterocycles. The Hall–Kier alpha value is -1.46. The van der Waals surface area contributed by atoms with Crippen molar-refractivity contribution in [1.82, 2.24) is 25.1 Å². The van der Waals surface area contributed by atoms with Gasteiger partial charge in [0, 0.05) is 6.54 Å². The zero-order chi connectivity index (χ0) is 13.1. The van der Waals surface area contributed by atoms with Gasteiger partial charge in [-0.15, -0.1) is 0 Å². The van der Waals surface area contributed by atoms with Gasteiger partial charge in [0.1, 0.15) is 0 Å². The van der Waals surface area contributed by atoms with Gasteiger partial charge in [-0.3, -0.25) is 4.98 Å². The number of nitrogens with zero attached hydrogens (tertiary/aromatic N) is 4. The summed E-state index contributed by atoms with van der Waals surface area (Å²) in [6.07, 6.45) is 3.46. The van der Waals surface area contributed by atoms with E-state index in [2.05, 4.69) is 27.3 Å². The van der Waals surface area contributed by atoms with Gasteiger partial charge in [-0.2, -0.15) is 5.10 Å². The molecule has 0 aliphatic carbocycles. The van der Waals surface area contributed by atoms with E-state index in [4.69, 9.17) is 11.6 Å². The number of nitrogens with one attached hydrogen (secondary N) is 1. The summed E-state index contributed by atoms with van der Waals surface area (Å²) in [5, 5.41) is 8.22. The molecular weight excluding hydrogens is 250 g/mol. The van der Waals surface area contributed by atoms with Crippen LogP contribution in [-0.4, -0.2) is 26.3 Å². The van der Waals surface area contributed by atoms with Crippen LogP contribution in [-0.2, 0) is 6.54 Å². The lowest BCUT2D eigenvalue weighted by molar-refractivity contribution is 0.702. The fourth-order valence-electron chi connectivity index (χ4n) is 1.65. The first-order valence-electron chi connectivity index (χ1n) is 5.87. The molecule has 0 fully saturated rings. The second-order valence-corrected chi connectivity index (χ2v) is 4.42. The molecule has 0 atom stereocenters. The zero-order valence-electron chi connectivity index (χ0n) is 10.7. The van der Waals surface area contributed by atoms with Crippen molar-refractivity contribution < 1.29 is 0 Å². The van der Waals surface area contributed by atoms with E-state index in [9.17, 15) is 0 Å². The van der Waals surface area contributed by atoms with E-state index in [-0.39, 0.29) is 0 Å². The molecule has 6 heteroatoms. The number of hydrogen-bond acceptors (Lipinski definition) is 4. The minimum atomic E-state index is 0.675. The second kappa shape index (κ2) is 5.46. The maximum Gasteiger partial charge on any atom is 0.172 e. The van der Waals surface area contributed by atoms with Gasteiger partial charge in [0.15, 0.2) is 5.82 Å². The van der Waals surface area contributed by atoms with Crippen LogP contribution in [0.1, 0.15) is 24.0 Å². The maximum absolute atomic E-state index is 6.11. The van der Waals surface area contributed by atoms with Crippen LogP contribution in [0.2, 0.25) is 5.02 Å². The lowest BCUT2D eigenvalue weighted by atomic mass is 10.4. The molecule has 18 heavy (non-hydrogen) atoms. The van der Waals surface area contributed by atoms with Crippen LogP contribution in [0.15, 0.2) is 12.4 Å². The molecule has 2 aromatic rings. The molecule has 0 aliphatic rings. The van der Waals surface area contributed by atoms with E-state index in [1.165, 1.54) is 0 Å². The summed E-state index contributed by atoms with van der Waals surface area (Å²) in [7, 11) is 0. The first-order chi connectivity index (χ1) is 8.63. The molecule has 0 amide bonds. The largest absolute Gasteiger partial charge is 0.311 e. The fourth-order valence-corrected chi connectivity index (χ4v) is 1.77. The summed E-state index contributed by atoms with van der Waals surface area (Å²) in [5.74, 6) is 0.683. The Balaban J connectivity index is 2.26. The Bertz CT molecular complexity index is 532. The molecule has 1 N–H and O–H groups in total. The highest BCUT2D eigenvalue weighted by atomic mass is 35.5. The fraction of sp³-hybridized carbons (Fsp3) is 0.417. The average molecular weight is 266 g/mol. The van der Waals surface area contributed by atoms with Crippen molar-refractivity contribution in [2.45, 2.75) is 27.3 Å². The summed E-state index contributed by atoms with van der Waals surface area (Å²) in [6, 6.07) is 0. The number of rotatable bonds is 4. The van der Waals surface area contributed by atoms with E-state index >= 15 is 0 Å². The molecule has 0 spiro atoms. The minimum absolute atomic E-state index is 0.675. The number of aryl methyl sites for hydroxylation is 1. The minimum Gasteiger partial charge on any atom is -0.311 e. The Morgan fingerprint density at radius 1 is 1.28 bits per heavy atom. The topological polar surface area (TPSA) is 55.6 Å². The van der Waals surface area contributed by atoms with E-state index in [0.29, 0.717) is 10.8 Å². The van der Waals surface area contributed by atoms with Crippen LogP contribution < -0.4 is 5.32 Å². The molecule has 0 unspecified atom stereocenters. The first-order valence-corrected chi connectivity index (χ1v) is 6.25. The maximum atomic E-state index is 6.11. The highest BCUT2D eigenvalue weighted by Crippen LogP contribution is 2.20. The number of aromatic nitrogens is 4. The van der Waals surface area contributed by atoms with E-state index < -0.39 is 0 Å². The Labute approximate surface area is 111 Å². The highest BCUT2D eigenvalue weighted by Gasteiger charge is 2.11. The van der Waals surface area contributed by atoms with Gasteiger partial charge < -0.3 is 5.32 Å². The molecule has 2 heterocycles. The van der Waals surface area contributed by atoms with Gasteiger partial charge in [0.2, 0.25) is 0 Å². The second-order valence-electron chi connectivity index (χ2n) is 4.04. The average Bonchev–Trinajstić information content (AvgIpc) is 2.65. The molecule has 0 aromatic carbocycles. The molecule has 96 valence electrons. The lowest BCUT2D eigenvalue weighted by Gasteiger charge is -2.04. The van der Waals surface area contributed by atoms with Gasteiger partial charge in [-0.1, -0.05) is 18.5 Å². The first kappa shape index (κ1) is 13.0. The molecule has 2 aromatic heterocycles. The normalized spacial score (nSPS) is 10.9. The van der Waals surface area contributed by atoms with Crippen molar-refractivity contribution in [3.63, 3.8) is 0 Å². The van der Waals surface area contributed by atoms with Crippen molar-refractivity contribution in [3.8, 4) is 5.82 Å². The van der Waals surface area contributed by atoms with Gasteiger partial charge in [0.05, 0.1) is 34.5 Å². The monoisotopic (exact) mass is 265 g/mol. The van der Waals surface area contributed by atoms with Crippen LogP contribution in [0.5, 0.6) is 0 Å². The zero-order valence-corrected chi connectivity index (χ0v) is 11.5. The Morgan fingerprint density at radius 2 is 2.06 bits per heavy atom. The third-order valence-corrected chi connectivity index (χ3v) is 3.21. The summed E-state index contributed by atoms with van der Waals surface area (Å²) in [5.41, 5.74) is 2.59. The van der Waals surface area contributed by atoms with Crippen LogP contribution in [0, 0.1) is 13.8 Å². The summed E-state index contributed by atoms with van der Waals surface area (Å²) >= 11 is 6.11. The van der Waals surface area contributed by atoms with Crippen molar-refractivity contribution in [1.29, 1.82) is 0 Å². The smallest absolute Gasteiger partial charge is 0.172 e. The van der Waals surface area contributed by atoms with E-state index in [1.54, 1.807) is 17.1 Å². The molecule has 0 bridgehead atoms. The van der Waals surface area contributed by atoms with Gasteiger partial charge in [-0.25, -0.2) is 9.67 Å².